The van der Waals surface area contributed by atoms with Gasteiger partial charge in [0.1, 0.15) is 0 Å². The lowest BCUT2D eigenvalue weighted by Gasteiger charge is -2.09. The number of hydrogen-bond donors (Lipinski definition) is 5. The molecule has 0 unspecified atom stereocenters. The number of methoxy groups -OCH3 is 2. The van der Waals surface area contributed by atoms with E-state index in [2.05, 4.69) is 62.1 Å². The largest absolute Gasteiger partial charge is 0.478 e. The van der Waals surface area contributed by atoms with Crippen LogP contribution in [0.2, 0.25) is 0 Å². The molecule has 0 saturated heterocycles. The van der Waals surface area contributed by atoms with E-state index in [9.17, 15) is 48.1 Å². The van der Waals surface area contributed by atoms with Gasteiger partial charge in [-0.3, -0.25) is 14.2 Å². The van der Waals surface area contributed by atoms with Gasteiger partial charge in [0.25, 0.3) is 39.1 Å². The molecule has 464 valence electrons. The lowest BCUT2D eigenvalue weighted by molar-refractivity contribution is -0.135. The van der Waals surface area contributed by atoms with E-state index in [0.29, 0.717) is 32.7 Å². The Balaban J connectivity index is 0.000000291. The Morgan fingerprint density at radius 1 is 0.466 bits per heavy atom. The second-order valence-electron chi connectivity index (χ2n) is 18.1. The topological polar surface area (TPSA) is 289 Å². The average Bonchev–Trinajstić information content (AvgIpc) is 2.04. The summed E-state index contributed by atoms with van der Waals surface area (Å²) in [5.74, 6) is -1.99. The Labute approximate surface area is 535 Å². The summed E-state index contributed by atoms with van der Waals surface area (Å²) in [5.41, 5.74) is 13.3. The number of nitrogen functional groups attached to an aromatic ring is 1. The highest BCUT2D eigenvalue weighted by Crippen LogP contribution is 2.23. The van der Waals surface area contributed by atoms with Crippen molar-refractivity contribution in [3.8, 4) is 0 Å². The molecule has 0 bridgehead atoms. The second-order valence-corrected chi connectivity index (χ2v) is 27.5. The third-order valence-corrected chi connectivity index (χ3v) is 17.4. The van der Waals surface area contributed by atoms with Gasteiger partial charge in [0, 0.05) is 60.6 Å². The van der Waals surface area contributed by atoms with Crippen molar-refractivity contribution in [1.29, 1.82) is 0 Å². The highest BCUT2D eigenvalue weighted by molar-refractivity contribution is 9.10. The lowest BCUT2D eigenvalue weighted by Crippen LogP contribution is -2.13. The number of hydrogen-bond acceptors (Lipinski definition) is 14. The Morgan fingerprint density at radius 2 is 0.773 bits per heavy atom. The minimum absolute atomic E-state index is 0.0700. The van der Waals surface area contributed by atoms with Gasteiger partial charge in [-0.05, 0) is 160 Å². The standard InChI is InChI=1S/C17H17NO4S.C16H15NO4S.C13H12BrNO2S.C7H9N.C6H4BrClO2S.C4H6O2/c1-13-6-9-15(10-7-13)18-23(20,21)16-5-3-4-14(12-16)8-11-17(19)22-2;1-12-5-8-14(9-6-12)17-22(20,21)15-4-2-3-13(11-15)7-10-16(18)19;1-10-5-7-12(8-6-10)15-18(16,17)13-4-2-3-11(14)9-13;1-6-2-4-7(8)5-3-6;7-5-2-1-3-6(4-5)11(8,9)10;1-3-4(5)6-2/h3-12,18H,1-2H3;2-11,17H,1H3,(H,18,19);2-9,15H,1H3;2-5H,8H2,1H3;1-4H;3H,1H2,2H3/b11-8+;10-7+;;;;. The maximum atomic E-state index is 12.4. The first-order valence-electron chi connectivity index (χ1n) is 25.5. The van der Waals surface area contributed by atoms with E-state index in [1.807, 2.05) is 88.4 Å². The predicted octanol–water partition coefficient (Wildman–Crippen LogP) is 13.7. The third kappa shape index (κ3) is 28.4. The number of carboxylic acid groups (broad SMARTS) is 1. The molecule has 0 aliphatic carbocycles. The molecule has 0 fully saturated rings. The minimum Gasteiger partial charge on any atom is -0.478 e. The fourth-order valence-electron chi connectivity index (χ4n) is 6.38. The summed E-state index contributed by atoms with van der Waals surface area (Å²) in [6.07, 6.45) is 6.14. The number of ether oxygens (including phenoxy) is 2. The highest BCUT2D eigenvalue weighted by Gasteiger charge is 2.17. The summed E-state index contributed by atoms with van der Waals surface area (Å²) < 4.78 is 113. The average molecular weight is 1420 g/mol. The highest BCUT2D eigenvalue weighted by atomic mass is 79.9. The molecule has 0 heterocycles. The minimum atomic E-state index is -3.72. The number of carbonyl (C=O) groups excluding carboxylic acids is 2. The van der Waals surface area contributed by atoms with Crippen LogP contribution in [0.4, 0.5) is 22.7 Å². The quantitative estimate of drug-likeness (QED) is 0.0276. The van der Waals surface area contributed by atoms with E-state index in [1.54, 1.807) is 97.1 Å². The lowest BCUT2D eigenvalue weighted by atomic mass is 10.2. The molecule has 8 rings (SSSR count). The van der Waals surface area contributed by atoms with Crippen LogP contribution in [0.25, 0.3) is 12.2 Å². The first kappa shape index (κ1) is 73.9. The SMILES string of the molecule is C=CC(=O)OC.COC(=O)/C=C/c1cccc(S(=O)(=O)Nc2ccc(C)cc2)c1.Cc1ccc(N)cc1.Cc1ccc(NS(=O)(=O)c2cccc(/C=C/C(=O)O)c2)cc1.Cc1ccc(NS(=O)(=O)c2cccc(Br)c2)cc1.O=S(=O)(Cl)c1cccc(Br)c1. The molecule has 25 heteroatoms. The third-order valence-electron chi connectivity index (χ3n) is 10.9. The van der Waals surface area contributed by atoms with Gasteiger partial charge in [-0.25, -0.2) is 48.1 Å². The molecule has 88 heavy (non-hydrogen) atoms. The number of halogens is 3. The van der Waals surface area contributed by atoms with Gasteiger partial charge in [-0.1, -0.05) is 146 Å². The number of carboxylic acids is 1. The summed E-state index contributed by atoms with van der Waals surface area (Å²) in [6.45, 7) is 11.0. The van der Waals surface area contributed by atoms with Crippen LogP contribution < -0.4 is 19.9 Å². The molecule has 0 aliphatic rings. The van der Waals surface area contributed by atoms with Gasteiger partial charge >= 0.3 is 17.9 Å². The van der Waals surface area contributed by atoms with Gasteiger partial charge in [0.2, 0.25) is 0 Å². The molecule has 18 nitrogen and oxygen atoms in total. The van der Waals surface area contributed by atoms with Crippen LogP contribution in [-0.2, 0) is 63.0 Å². The Morgan fingerprint density at radius 3 is 1.06 bits per heavy atom. The second kappa shape index (κ2) is 36.1. The van der Waals surface area contributed by atoms with Crippen LogP contribution in [0.15, 0.2) is 247 Å². The number of esters is 2. The molecule has 6 N–H and O–H groups in total. The normalized spacial score (nSPS) is 10.9. The van der Waals surface area contributed by atoms with Crippen molar-refractivity contribution in [3.63, 3.8) is 0 Å². The van der Waals surface area contributed by atoms with Crippen molar-refractivity contribution in [2.24, 2.45) is 0 Å². The molecular weight excluding hydrogens is 1360 g/mol. The number of sulfonamides is 3. The zero-order valence-corrected chi connectivity index (χ0v) is 55.4. The Kier molecular flexibility index (Phi) is 30.3. The van der Waals surface area contributed by atoms with E-state index < -0.39 is 57.0 Å². The predicted molar refractivity (Wildman–Crippen MR) is 356 cm³/mol. The van der Waals surface area contributed by atoms with Crippen LogP contribution in [0.3, 0.4) is 0 Å². The number of carbonyl (C=O) groups is 3. The molecule has 0 aliphatic heterocycles. The first-order chi connectivity index (χ1) is 41.3. The number of nitrogens with two attached hydrogens (primary N) is 1. The number of rotatable bonds is 15. The summed E-state index contributed by atoms with van der Waals surface area (Å²) >= 11 is 6.39. The monoisotopic (exact) mass is 1420 g/mol. The smallest absolute Gasteiger partial charge is 0.330 e. The van der Waals surface area contributed by atoms with E-state index >= 15 is 0 Å². The molecule has 0 spiro atoms. The number of anilines is 4. The van der Waals surface area contributed by atoms with Gasteiger partial charge in [-0.2, -0.15) is 0 Å². The van der Waals surface area contributed by atoms with Crippen LogP contribution in [0, 0.1) is 27.7 Å². The zero-order valence-electron chi connectivity index (χ0n) is 48.2. The van der Waals surface area contributed by atoms with E-state index in [1.165, 1.54) is 74.4 Å². The van der Waals surface area contributed by atoms with E-state index in [-0.39, 0.29) is 19.6 Å². The summed E-state index contributed by atoms with van der Waals surface area (Å²) in [7, 11) is -6.85. The van der Waals surface area contributed by atoms with E-state index in [0.717, 1.165) is 39.0 Å². The molecule has 0 radical (unpaired) electrons. The maximum Gasteiger partial charge on any atom is 0.330 e. The fraction of sp³-hybridized carbons (Fsp3) is 0.0952. The van der Waals surface area contributed by atoms with Crippen molar-refractivity contribution in [2.45, 2.75) is 47.3 Å². The van der Waals surface area contributed by atoms with Crippen LogP contribution in [-0.4, -0.2) is 70.9 Å². The molecular formula is C63H63Br2ClN4O14S4. The van der Waals surface area contributed by atoms with Gasteiger partial charge in [0.05, 0.1) is 33.8 Å². The van der Waals surface area contributed by atoms with Crippen molar-refractivity contribution < 1.29 is 62.6 Å². The maximum absolute atomic E-state index is 12.4. The molecule has 0 atom stereocenters. The number of aryl methyl sites for hydroxylation is 4. The fourth-order valence-corrected chi connectivity index (χ4v) is 11.6. The number of benzene rings is 8. The van der Waals surface area contributed by atoms with E-state index in [4.69, 9.17) is 21.5 Å². The number of nitrogens with one attached hydrogen (secondary N) is 3. The number of aliphatic carboxylic acids is 1. The Hall–Kier alpha value is -8.36. The molecule has 0 saturated carbocycles. The van der Waals surface area contributed by atoms with Crippen LogP contribution in [0.5, 0.6) is 0 Å². The molecule has 0 aromatic heterocycles. The summed E-state index contributed by atoms with van der Waals surface area (Å²) in [5, 5.41) is 8.60. The summed E-state index contributed by atoms with van der Waals surface area (Å²) in [4.78, 5) is 32.0. The first-order valence-corrected chi connectivity index (χ1v) is 33.8. The van der Waals surface area contributed by atoms with Gasteiger partial charge < -0.3 is 20.3 Å². The zero-order chi connectivity index (χ0) is 65.7. The van der Waals surface area contributed by atoms with Gasteiger partial charge in [0.15, 0.2) is 0 Å². The van der Waals surface area contributed by atoms with Gasteiger partial charge in [-0.15, -0.1) is 0 Å². The summed E-state index contributed by atoms with van der Waals surface area (Å²) in [6, 6.07) is 54.2. The molecule has 0 amide bonds. The van der Waals surface area contributed by atoms with Crippen molar-refractivity contribution >= 4 is 134 Å². The molecule has 8 aromatic carbocycles. The van der Waals surface area contributed by atoms with Crippen molar-refractivity contribution in [3.05, 3.63) is 261 Å². The van der Waals surface area contributed by atoms with Crippen LogP contribution >= 0.6 is 42.5 Å². The van der Waals surface area contributed by atoms with Crippen LogP contribution in [0.1, 0.15) is 33.4 Å². The van der Waals surface area contributed by atoms with Crippen molar-refractivity contribution in [1.82, 2.24) is 0 Å². The molecule has 8 aromatic rings. The van der Waals surface area contributed by atoms with Crippen molar-refractivity contribution in [2.75, 3.05) is 34.1 Å². The Bertz CT molecular complexity index is 4140.